The molecule has 4 heterocycles. The van der Waals surface area contributed by atoms with Gasteiger partial charge in [0.1, 0.15) is 110 Å². The van der Waals surface area contributed by atoms with Gasteiger partial charge in [-0.25, -0.2) is 0 Å². The molecular formula is C105H202O26. The molecule has 131 heavy (non-hydrogen) atoms. The van der Waals surface area contributed by atoms with Gasteiger partial charge in [0, 0.05) is 26.4 Å². The molecule has 0 spiro atoms. The smallest absolute Gasteiger partial charge is 0.187 e. The number of unbranched alkanes of at least 4 members (excludes halogenated alkanes) is 24. The summed E-state index contributed by atoms with van der Waals surface area (Å²) in [4.78, 5) is 0. The second kappa shape index (κ2) is 73.1. The first-order valence-electron chi connectivity index (χ1n) is 54.0. The van der Waals surface area contributed by atoms with Gasteiger partial charge >= 0.3 is 0 Å². The van der Waals surface area contributed by atoms with E-state index in [0.29, 0.717) is 38.3 Å². The zero-order valence-corrected chi connectivity index (χ0v) is 84.2. The summed E-state index contributed by atoms with van der Waals surface area (Å²) in [7, 11) is 0. The molecule has 30 atom stereocenters. The van der Waals surface area contributed by atoms with Crippen LogP contribution in [0.25, 0.3) is 0 Å². The zero-order valence-electron chi connectivity index (χ0n) is 84.2. The molecule has 778 valence electrons. The van der Waals surface area contributed by atoms with Crippen molar-refractivity contribution in [1.29, 1.82) is 0 Å². The third kappa shape index (κ3) is 51.0. The summed E-state index contributed by atoms with van der Waals surface area (Å²) in [5.74, 6) is 7.45. The minimum atomic E-state index is -1.76. The molecule has 26 heteroatoms. The number of hydrogen-bond donors (Lipinski definition) is 14. The minimum Gasteiger partial charge on any atom is -0.394 e. The molecule has 0 aromatic rings. The number of rotatable bonds is 82. The Kier molecular flexibility index (Phi) is 67.2. The summed E-state index contributed by atoms with van der Waals surface area (Å²) >= 11 is 0. The number of hydrogen-bond acceptors (Lipinski definition) is 26. The number of aliphatic hydroxyl groups excluding tert-OH is 14. The van der Waals surface area contributed by atoms with Crippen LogP contribution in [0.15, 0.2) is 0 Å². The van der Waals surface area contributed by atoms with Gasteiger partial charge in [-0.1, -0.05) is 365 Å². The van der Waals surface area contributed by atoms with Crippen LogP contribution in [0.3, 0.4) is 0 Å². The van der Waals surface area contributed by atoms with E-state index in [1.165, 1.54) is 276 Å². The quantitative estimate of drug-likeness (QED) is 0.0252. The molecule has 4 aliphatic heterocycles. The fourth-order valence-corrected chi connectivity index (χ4v) is 20.1. The standard InChI is InChI=1S/C105H202O26/c1-74(2)43-37-45-76(5)47-39-49-78(7)51-41-53-80(9)59-63-122-84(72-124-102-98(118)94(114)100(88(68-108)128-102)130-104-96(116)92(112)90(110)86(66-106)126-104)70-120-61-35-31-27-23-19-15-11-13-17-21-25-29-33-55-82-57-58-83(65-82)56-34-30-26-22-18-14-12-16-20-24-28-32-36-62-121-71-85(123-64-60-81(10)54-42-52-79(8)50-40-48-77(6)46-38-44-75(3)4)73-125-103-99(119)95(115)101(89(69-109)129-103)131-105-97(117)93(113)91(111)87(67-107)127-105/h74-119H,11-73H2,1-10H3/t76-,77-,78-,79-,80-,81-,82+,83+,84?,85?,86-,87-,88-,89-,90+,91+,92+,93+,94-,95-,96-,97-,98-,99-,100-,101-,102-,103-,104+,105+/m1/s1. The van der Waals surface area contributed by atoms with Crippen molar-refractivity contribution in [3.63, 3.8) is 0 Å². The van der Waals surface area contributed by atoms with Crippen molar-refractivity contribution >= 4 is 0 Å². The third-order valence-electron chi connectivity index (χ3n) is 29.3. The first-order chi connectivity index (χ1) is 63.2. The minimum absolute atomic E-state index is 0.0118. The largest absolute Gasteiger partial charge is 0.394 e. The number of ether oxygens (including phenoxy) is 12. The fraction of sp³-hybridized carbons (Fsp3) is 1.00. The van der Waals surface area contributed by atoms with Gasteiger partial charge in [-0.3, -0.25) is 0 Å². The summed E-state index contributed by atoms with van der Waals surface area (Å²) < 4.78 is 71.6. The molecule has 1 aliphatic carbocycles. The third-order valence-corrected chi connectivity index (χ3v) is 29.3. The Balaban J connectivity index is 0.847. The van der Waals surface area contributed by atoms with Crippen LogP contribution in [-0.4, -0.2) is 286 Å². The number of aliphatic hydroxyl groups is 14. The molecule has 0 aromatic carbocycles. The maximum absolute atomic E-state index is 11.3. The van der Waals surface area contributed by atoms with E-state index in [2.05, 4.69) is 69.2 Å². The SMILES string of the molecule is CC(C)CCC[C@@H](C)CCC[C@@H](C)CCC[C@@H](C)CCOC(COCCCCCCCCCCCCCCC[C@H]1CC[C@H](CCCCCCCCCCCCCCCOCC(CO[C@@H]2O[C@H](CO)[C@@H](O[C@@H]3O[C@H](CO)[C@H](O)[C@H](O)[C@H]3O)[C@H](O)[C@H]2O)OCC[C@H](C)CCC[C@H](C)CCC[C@H](C)CCCC(C)C)C1)CO[C@@H]1O[C@H](CO)[C@@H](O[C@@H]2O[C@H](CO)[C@H](O)[C@H](O)[C@H]2O)[C@H](O)[C@H]1O. The summed E-state index contributed by atoms with van der Waals surface area (Å²) in [5, 5.41) is 147. The Morgan fingerprint density at radius 1 is 0.244 bits per heavy atom. The molecule has 4 saturated heterocycles. The van der Waals surface area contributed by atoms with E-state index < -0.39 is 161 Å². The molecule has 5 fully saturated rings. The molecule has 14 N–H and O–H groups in total. The van der Waals surface area contributed by atoms with Crippen LogP contribution in [0.1, 0.15) is 397 Å². The van der Waals surface area contributed by atoms with Crippen molar-refractivity contribution in [2.45, 2.75) is 532 Å². The molecule has 2 unspecified atom stereocenters. The van der Waals surface area contributed by atoms with Crippen molar-refractivity contribution in [3.8, 4) is 0 Å². The van der Waals surface area contributed by atoms with Gasteiger partial charge in [0.2, 0.25) is 0 Å². The maximum atomic E-state index is 11.3. The van der Waals surface area contributed by atoms with Crippen molar-refractivity contribution in [2.24, 2.45) is 59.2 Å². The fourth-order valence-electron chi connectivity index (χ4n) is 20.1. The van der Waals surface area contributed by atoms with E-state index >= 15 is 0 Å². The highest BCUT2D eigenvalue weighted by atomic mass is 16.8. The summed E-state index contributed by atoms with van der Waals surface area (Å²) in [5.41, 5.74) is 0. The van der Waals surface area contributed by atoms with Gasteiger partial charge in [-0.15, -0.1) is 0 Å². The van der Waals surface area contributed by atoms with E-state index in [-0.39, 0.29) is 26.4 Å². The van der Waals surface area contributed by atoms with Gasteiger partial charge in [0.25, 0.3) is 0 Å². The highest BCUT2D eigenvalue weighted by molar-refractivity contribution is 4.97. The second-order valence-electron chi connectivity index (χ2n) is 42.7. The average molecular weight is 1880 g/mol. The van der Waals surface area contributed by atoms with Crippen LogP contribution in [0.2, 0.25) is 0 Å². The average Bonchev–Trinajstić information content (AvgIpc) is 1.03. The van der Waals surface area contributed by atoms with Crippen LogP contribution in [0, 0.1) is 59.2 Å². The summed E-state index contributed by atoms with van der Waals surface area (Å²) in [6.07, 6.45) is 33.3. The van der Waals surface area contributed by atoms with Crippen LogP contribution < -0.4 is 0 Å². The van der Waals surface area contributed by atoms with E-state index in [4.69, 9.17) is 56.8 Å². The van der Waals surface area contributed by atoms with E-state index in [0.717, 1.165) is 98.7 Å². The highest BCUT2D eigenvalue weighted by Crippen LogP contribution is 2.39. The highest BCUT2D eigenvalue weighted by Gasteiger charge is 2.53. The lowest BCUT2D eigenvalue weighted by atomic mass is 9.91. The van der Waals surface area contributed by atoms with Crippen molar-refractivity contribution in [3.05, 3.63) is 0 Å². The normalized spacial score (nSPS) is 29.9. The lowest BCUT2D eigenvalue weighted by Crippen LogP contribution is -2.64. The first-order valence-corrected chi connectivity index (χ1v) is 54.0. The van der Waals surface area contributed by atoms with Gasteiger partial charge < -0.3 is 128 Å². The molecule has 26 nitrogen and oxygen atoms in total. The molecule has 5 rings (SSSR count). The molecular weight excluding hydrogens is 1680 g/mol. The summed E-state index contributed by atoms with van der Waals surface area (Å²) in [6.45, 7) is 23.4. The van der Waals surface area contributed by atoms with E-state index in [1.807, 2.05) is 0 Å². The Bertz CT molecular complexity index is 2450. The van der Waals surface area contributed by atoms with Crippen molar-refractivity contribution in [1.82, 2.24) is 0 Å². The molecule has 0 radical (unpaired) electrons. The molecule has 5 aliphatic rings. The first kappa shape index (κ1) is 120. The second-order valence-corrected chi connectivity index (χ2v) is 42.7. The molecule has 0 bridgehead atoms. The Morgan fingerprint density at radius 2 is 0.496 bits per heavy atom. The van der Waals surface area contributed by atoms with Crippen LogP contribution in [0.4, 0.5) is 0 Å². The van der Waals surface area contributed by atoms with E-state index in [1.54, 1.807) is 0 Å². The van der Waals surface area contributed by atoms with Gasteiger partial charge in [-0.05, 0) is 91.3 Å². The predicted octanol–water partition coefficient (Wildman–Crippen LogP) is 16.3. The van der Waals surface area contributed by atoms with Crippen molar-refractivity contribution < 1.29 is 128 Å². The lowest BCUT2D eigenvalue weighted by molar-refractivity contribution is -0.360. The Morgan fingerprint density at radius 3 is 0.779 bits per heavy atom. The summed E-state index contributed by atoms with van der Waals surface area (Å²) in [6, 6.07) is 0. The van der Waals surface area contributed by atoms with Gasteiger partial charge in [0.15, 0.2) is 25.2 Å². The van der Waals surface area contributed by atoms with Crippen molar-refractivity contribution in [2.75, 3.05) is 79.3 Å². The van der Waals surface area contributed by atoms with Crippen LogP contribution in [-0.2, 0) is 56.8 Å². The van der Waals surface area contributed by atoms with Crippen LogP contribution >= 0.6 is 0 Å². The zero-order chi connectivity index (χ0) is 95.5. The lowest BCUT2D eigenvalue weighted by Gasteiger charge is -2.46. The molecule has 0 aromatic heterocycles. The topological polar surface area (TPSA) is 394 Å². The Labute approximate surface area is 794 Å². The molecule has 1 saturated carbocycles. The van der Waals surface area contributed by atoms with Gasteiger partial charge in [-0.2, -0.15) is 0 Å². The maximum Gasteiger partial charge on any atom is 0.187 e. The predicted molar refractivity (Wildman–Crippen MR) is 513 cm³/mol. The van der Waals surface area contributed by atoms with Gasteiger partial charge in [0.05, 0.1) is 52.9 Å². The monoisotopic (exact) mass is 1880 g/mol. The van der Waals surface area contributed by atoms with Crippen LogP contribution in [0.5, 0.6) is 0 Å². The van der Waals surface area contributed by atoms with E-state index in [9.17, 15) is 71.5 Å². The Hall–Kier alpha value is -1.04. The molecule has 0 amide bonds.